The molecule has 1 aromatic heterocycles. The zero-order valence-electron chi connectivity index (χ0n) is 15.9. The Balaban J connectivity index is 1.17. The molecular weight excluding hydrogens is 352 g/mol. The van der Waals surface area contributed by atoms with Crippen LogP contribution in [-0.4, -0.2) is 21.6 Å². The van der Waals surface area contributed by atoms with Crippen LogP contribution in [-0.2, 0) is 4.79 Å². The van der Waals surface area contributed by atoms with Crippen molar-refractivity contribution in [3.05, 3.63) is 48.3 Å². The van der Waals surface area contributed by atoms with E-state index in [0.29, 0.717) is 12.0 Å². The average molecular weight is 378 g/mol. The van der Waals surface area contributed by atoms with Crippen LogP contribution in [0.3, 0.4) is 0 Å². The third-order valence-electron chi connectivity index (χ3n) is 6.88. The molecule has 2 N–H and O–H groups in total. The largest absolute Gasteiger partial charge is 0.273 e. The fraction of sp³-hybridized carbons (Fsp3) is 0.500. The van der Waals surface area contributed by atoms with Gasteiger partial charge in [0, 0.05) is 12.6 Å². The molecule has 4 bridgehead atoms. The highest BCUT2D eigenvalue weighted by atomic mass is 16.2. The lowest BCUT2D eigenvalue weighted by molar-refractivity contribution is -0.130. The molecule has 28 heavy (non-hydrogen) atoms. The first-order chi connectivity index (χ1) is 13.6. The third-order valence-corrected chi connectivity index (χ3v) is 6.88. The zero-order chi connectivity index (χ0) is 19.1. The van der Waals surface area contributed by atoms with Gasteiger partial charge in [0.1, 0.15) is 0 Å². The first kappa shape index (κ1) is 17.5. The molecule has 1 aromatic carbocycles. The number of nitrogens with zero attached hydrogens (tertiary/aromatic N) is 2. The summed E-state index contributed by atoms with van der Waals surface area (Å²) in [5.74, 6) is 2.03. The minimum Gasteiger partial charge on any atom is -0.273 e. The summed E-state index contributed by atoms with van der Waals surface area (Å²) in [7, 11) is 0. The van der Waals surface area contributed by atoms with Crippen molar-refractivity contribution in [1.29, 1.82) is 0 Å². The van der Waals surface area contributed by atoms with Crippen LogP contribution in [0.5, 0.6) is 0 Å². The van der Waals surface area contributed by atoms with Crippen LogP contribution in [0.4, 0.5) is 0 Å². The summed E-state index contributed by atoms with van der Waals surface area (Å²) in [6, 6.07) is 9.60. The first-order valence-corrected chi connectivity index (χ1v) is 10.3. The molecule has 0 aliphatic heterocycles. The first-order valence-electron chi connectivity index (χ1n) is 10.3. The molecule has 146 valence electrons. The van der Waals surface area contributed by atoms with E-state index in [1.165, 1.54) is 44.7 Å². The summed E-state index contributed by atoms with van der Waals surface area (Å²) in [5.41, 5.74) is 6.65. The average Bonchev–Trinajstić information content (AvgIpc) is 3.16. The number of hydrogen-bond donors (Lipinski definition) is 2. The van der Waals surface area contributed by atoms with Crippen molar-refractivity contribution in [3.63, 3.8) is 0 Å². The van der Waals surface area contributed by atoms with Gasteiger partial charge >= 0.3 is 0 Å². The number of nitrogens with one attached hydrogen (secondary N) is 2. The van der Waals surface area contributed by atoms with Gasteiger partial charge in [-0.15, -0.1) is 0 Å². The molecule has 4 aliphatic rings. The van der Waals surface area contributed by atoms with Crippen molar-refractivity contribution < 1.29 is 9.59 Å². The summed E-state index contributed by atoms with van der Waals surface area (Å²) in [6.45, 7) is 0. The van der Waals surface area contributed by atoms with E-state index in [0.717, 1.165) is 23.4 Å². The summed E-state index contributed by atoms with van der Waals surface area (Å²) in [4.78, 5) is 24.9. The second kappa shape index (κ2) is 6.76. The minimum absolute atomic E-state index is 0.0780. The summed E-state index contributed by atoms with van der Waals surface area (Å²) in [6.07, 6.45) is 11.3. The van der Waals surface area contributed by atoms with Crippen molar-refractivity contribution in [1.82, 2.24) is 20.6 Å². The maximum absolute atomic E-state index is 12.5. The smallest absolute Gasteiger partial charge is 0.272 e. The fourth-order valence-corrected chi connectivity index (χ4v) is 6.25. The van der Waals surface area contributed by atoms with Crippen LogP contribution in [0.25, 0.3) is 5.69 Å². The number of aromatic nitrogens is 2. The van der Waals surface area contributed by atoms with Crippen molar-refractivity contribution in [2.45, 2.75) is 44.9 Å². The van der Waals surface area contributed by atoms with E-state index < -0.39 is 0 Å². The van der Waals surface area contributed by atoms with Crippen molar-refractivity contribution in [3.8, 4) is 5.69 Å². The molecule has 4 fully saturated rings. The molecule has 6 nitrogen and oxygen atoms in total. The Hall–Kier alpha value is -2.63. The maximum Gasteiger partial charge on any atom is 0.272 e. The molecule has 2 amide bonds. The normalized spacial score (nSPS) is 30.2. The fourth-order valence-electron chi connectivity index (χ4n) is 6.25. The molecular formula is C22H26N4O2. The molecule has 6 heteroatoms. The number of carbonyl (C=O) groups is 2. The molecule has 0 saturated heterocycles. The monoisotopic (exact) mass is 378 g/mol. The van der Waals surface area contributed by atoms with E-state index in [1.807, 2.05) is 30.3 Å². The van der Waals surface area contributed by atoms with Gasteiger partial charge in [-0.05, 0) is 73.8 Å². The van der Waals surface area contributed by atoms with Crippen LogP contribution >= 0.6 is 0 Å². The summed E-state index contributed by atoms with van der Waals surface area (Å²) < 4.78 is 1.65. The second-order valence-electron chi connectivity index (χ2n) is 9.11. The second-order valence-corrected chi connectivity index (χ2v) is 9.11. The third kappa shape index (κ3) is 3.32. The van der Waals surface area contributed by atoms with Gasteiger partial charge in [0.25, 0.3) is 5.91 Å². The van der Waals surface area contributed by atoms with E-state index in [4.69, 9.17) is 0 Å². The van der Waals surface area contributed by atoms with Crippen LogP contribution in [0.2, 0.25) is 0 Å². The van der Waals surface area contributed by atoms with Crippen LogP contribution in [0.1, 0.15) is 55.3 Å². The zero-order valence-corrected chi connectivity index (χ0v) is 15.9. The van der Waals surface area contributed by atoms with Gasteiger partial charge in [-0.1, -0.05) is 18.2 Å². The summed E-state index contributed by atoms with van der Waals surface area (Å²) in [5, 5.41) is 4.22. The standard InChI is InChI=1S/C22H26N4O2/c27-20(12-22-9-15-6-16(10-22)8-17(7-15)11-22)24-25-21(28)18-13-23-26(14-18)19-4-2-1-3-5-19/h1-5,13-17H,6-12H2,(H,24,27)(H,25,28). The van der Waals surface area contributed by atoms with Crippen molar-refractivity contribution >= 4 is 11.8 Å². The Bertz CT molecular complexity index is 854. The molecule has 2 aromatic rings. The molecule has 0 radical (unpaired) electrons. The number of benzene rings is 1. The maximum atomic E-state index is 12.5. The highest BCUT2D eigenvalue weighted by Crippen LogP contribution is 2.61. The van der Waals surface area contributed by atoms with Crippen molar-refractivity contribution in [2.24, 2.45) is 23.2 Å². The van der Waals surface area contributed by atoms with Gasteiger partial charge in [-0.3, -0.25) is 20.4 Å². The Morgan fingerprint density at radius 2 is 1.64 bits per heavy atom. The molecule has 0 unspecified atom stereocenters. The minimum atomic E-state index is -0.346. The molecule has 0 spiro atoms. The number of rotatable bonds is 4. The molecule has 6 rings (SSSR count). The van der Waals surface area contributed by atoms with E-state index in [2.05, 4.69) is 16.0 Å². The predicted molar refractivity (Wildman–Crippen MR) is 104 cm³/mol. The Kier molecular flexibility index (Phi) is 4.22. The number of para-hydroxylation sites is 1. The van der Waals surface area contributed by atoms with Gasteiger partial charge in [0.2, 0.25) is 5.91 Å². The van der Waals surface area contributed by atoms with Crippen LogP contribution in [0, 0.1) is 23.2 Å². The SMILES string of the molecule is O=C(CC12CC3CC(CC(C3)C1)C2)NNC(=O)c1cnn(-c2ccccc2)c1. The highest BCUT2D eigenvalue weighted by molar-refractivity contribution is 5.95. The van der Waals surface area contributed by atoms with Crippen LogP contribution < -0.4 is 10.9 Å². The lowest BCUT2D eigenvalue weighted by atomic mass is 9.49. The van der Waals surface area contributed by atoms with E-state index >= 15 is 0 Å². The molecule has 4 saturated carbocycles. The number of hydrazine groups is 1. The van der Waals surface area contributed by atoms with Gasteiger partial charge in [0.15, 0.2) is 0 Å². The summed E-state index contributed by atoms with van der Waals surface area (Å²) >= 11 is 0. The number of amides is 2. The molecule has 4 aliphatic carbocycles. The van der Waals surface area contributed by atoms with Gasteiger partial charge in [0.05, 0.1) is 17.4 Å². The number of carbonyl (C=O) groups excluding carboxylic acids is 2. The Labute approximate surface area is 164 Å². The lowest BCUT2D eigenvalue weighted by Gasteiger charge is -2.56. The van der Waals surface area contributed by atoms with Gasteiger partial charge < -0.3 is 0 Å². The molecule has 1 heterocycles. The van der Waals surface area contributed by atoms with E-state index in [9.17, 15) is 9.59 Å². The number of hydrogen-bond acceptors (Lipinski definition) is 3. The Morgan fingerprint density at radius 3 is 2.29 bits per heavy atom. The quantitative estimate of drug-likeness (QED) is 0.802. The molecule has 0 atom stereocenters. The van der Waals surface area contributed by atoms with Crippen molar-refractivity contribution in [2.75, 3.05) is 0 Å². The lowest BCUT2D eigenvalue weighted by Crippen LogP contribution is -2.50. The topological polar surface area (TPSA) is 76.0 Å². The van der Waals surface area contributed by atoms with E-state index in [1.54, 1.807) is 10.9 Å². The van der Waals surface area contributed by atoms with Crippen LogP contribution in [0.15, 0.2) is 42.7 Å². The predicted octanol–water partition coefficient (Wildman–Crippen LogP) is 3.24. The Morgan fingerprint density at radius 1 is 1.00 bits per heavy atom. The van der Waals surface area contributed by atoms with E-state index in [-0.39, 0.29) is 17.2 Å². The van der Waals surface area contributed by atoms with Gasteiger partial charge in [-0.25, -0.2) is 4.68 Å². The van der Waals surface area contributed by atoms with Gasteiger partial charge in [-0.2, -0.15) is 5.10 Å². The highest BCUT2D eigenvalue weighted by Gasteiger charge is 2.51.